The third-order valence-corrected chi connectivity index (χ3v) is 12.4. The molecule has 0 spiro atoms. The standard InChI is InChI=1S/C43H50N4O7S2/c1-8-9-25-47-39-23-22-36(56(51,52)53)27-38(39)43(6,7)40(47)24-18-33-12-10-11-32(41(33)54-34-19-15-31(16-20-34)28-45-46-44)17-14-30(3)42(4,5)37-26-35(55(48,49)50)21-13-29(37)2/h13-24,26-27H,3,8-12,25,28H2,1-2,4-7H3,(H,48,49,50)(H,51,52,53)/b17-14+,33-18+,40-24+. The zero-order chi connectivity index (χ0) is 41.1. The first kappa shape index (κ1) is 42.2. The van der Waals surface area contributed by atoms with Crippen molar-refractivity contribution in [3.05, 3.63) is 152 Å². The van der Waals surface area contributed by atoms with Gasteiger partial charge in [0.25, 0.3) is 20.2 Å². The van der Waals surface area contributed by atoms with E-state index in [1.54, 1.807) is 18.2 Å². The van der Waals surface area contributed by atoms with Gasteiger partial charge in [0.05, 0.1) is 16.3 Å². The Kier molecular flexibility index (Phi) is 12.6. The summed E-state index contributed by atoms with van der Waals surface area (Å²) in [5.74, 6) is 1.29. The van der Waals surface area contributed by atoms with Gasteiger partial charge in [0.15, 0.2) is 0 Å². The maximum Gasteiger partial charge on any atom is 0.294 e. The van der Waals surface area contributed by atoms with Crippen molar-refractivity contribution in [1.82, 2.24) is 0 Å². The molecule has 2 N–H and O–H groups in total. The van der Waals surface area contributed by atoms with Gasteiger partial charge in [0.2, 0.25) is 0 Å². The second-order valence-electron chi connectivity index (χ2n) is 15.3. The predicted octanol–water partition coefficient (Wildman–Crippen LogP) is 10.6. The van der Waals surface area contributed by atoms with Crippen molar-refractivity contribution in [2.45, 2.75) is 101 Å². The molecule has 0 atom stereocenters. The molecule has 11 nitrogen and oxygen atoms in total. The Labute approximate surface area is 330 Å². The number of benzene rings is 3. The summed E-state index contributed by atoms with van der Waals surface area (Å²) in [6.45, 7) is 17.4. The predicted molar refractivity (Wildman–Crippen MR) is 221 cm³/mol. The molecule has 0 aromatic heterocycles. The van der Waals surface area contributed by atoms with Crippen LogP contribution < -0.4 is 9.64 Å². The van der Waals surface area contributed by atoms with Crippen LogP contribution in [0.1, 0.15) is 89.0 Å². The highest BCUT2D eigenvalue weighted by Gasteiger charge is 2.40. The van der Waals surface area contributed by atoms with Gasteiger partial charge in [-0.2, -0.15) is 16.8 Å². The van der Waals surface area contributed by atoms with Crippen molar-refractivity contribution < 1.29 is 30.7 Å². The number of hydrogen-bond donors (Lipinski definition) is 2. The maximum absolute atomic E-state index is 12.1. The van der Waals surface area contributed by atoms with E-state index in [9.17, 15) is 25.9 Å². The Morgan fingerprint density at radius 3 is 2.30 bits per heavy atom. The van der Waals surface area contributed by atoms with Crippen molar-refractivity contribution in [3.63, 3.8) is 0 Å². The summed E-state index contributed by atoms with van der Waals surface area (Å²) in [6.07, 6.45) is 12.3. The van der Waals surface area contributed by atoms with Crippen LogP contribution >= 0.6 is 0 Å². The zero-order valence-corrected chi connectivity index (χ0v) is 34.4. The number of unbranched alkanes of at least 4 members (excludes halogenated alkanes) is 1. The molecular formula is C43H50N4O7S2. The molecule has 2 aliphatic rings. The number of ether oxygens (including phenoxy) is 1. The van der Waals surface area contributed by atoms with Crippen LogP contribution in [0.4, 0.5) is 5.69 Å². The molecule has 5 rings (SSSR count). The smallest absolute Gasteiger partial charge is 0.294 e. The highest BCUT2D eigenvalue weighted by atomic mass is 32.2. The highest BCUT2D eigenvalue weighted by Crippen LogP contribution is 2.49. The van der Waals surface area contributed by atoms with Crippen LogP contribution in [-0.2, 0) is 37.6 Å². The largest absolute Gasteiger partial charge is 0.457 e. The molecule has 296 valence electrons. The summed E-state index contributed by atoms with van der Waals surface area (Å²) in [5.41, 5.74) is 15.2. The van der Waals surface area contributed by atoms with Crippen molar-refractivity contribution in [3.8, 4) is 5.75 Å². The molecule has 0 fully saturated rings. The fraction of sp³-hybridized carbons (Fsp3) is 0.349. The minimum Gasteiger partial charge on any atom is -0.457 e. The lowest BCUT2D eigenvalue weighted by Crippen LogP contribution is -2.27. The third kappa shape index (κ3) is 9.20. The van der Waals surface area contributed by atoms with Crippen LogP contribution in [0.3, 0.4) is 0 Å². The van der Waals surface area contributed by atoms with Crippen LogP contribution in [0.25, 0.3) is 10.4 Å². The molecular weight excluding hydrogens is 749 g/mol. The van der Waals surface area contributed by atoms with Gasteiger partial charge in [0.1, 0.15) is 11.5 Å². The van der Waals surface area contributed by atoms with Gasteiger partial charge in [-0.25, -0.2) is 0 Å². The summed E-state index contributed by atoms with van der Waals surface area (Å²) in [5, 5.41) is 3.66. The molecule has 0 bridgehead atoms. The molecule has 3 aromatic rings. The van der Waals surface area contributed by atoms with Gasteiger partial charge in [0, 0.05) is 33.7 Å². The lowest BCUT2D eigenvalue weighted by Gasteiger charge is -2.29. The Morgan fingerprint density at radius 2 is 1.66 bits per heavy atom. The van der Waals surface area contributed by atoms with E-state index in [2.05, 4.69) is 54.4 Å². The second-order valence-corrected chi connectivity index (χ2v) is 18.1. The molecule has 3 aromatic carbocycles. The number of azide groups is 1. The average Bonchev–Trinajstić information content (AvgIpc) is 3.35. The minimum absolute atomic E-state index is 0.141. The van der Waals surface area contributed by atoms with Crippen molar-refractivity contribution >= 4 is 25.9 Å². The number of nitrogens with zero attached hydrogens (tertiary/aromatic N) is 4. The van der Waals surface area contributed by atoms with Crippen LogP contribution in [0.2, 0.25) is 0 Å². The molecule has 0 saturated heterocycles. The third-order valence-electron chi connectivity index (χ3n) is 10.7. The maximum atomic E-state index is 12.1. The van der Waals surface area contributed by atoms with Crippen LogP contribution in [-0.4, -0.2) is 32.5 Å². The summed E-state index contributed by atoms with van der Waals surface area (Å²) in [7, 11) is -8.79. The molecule has 0 unspecified atom stereocenters. The van der Waals surface area contributed by atoms with E-state index < -0.39 is 31.1 Å². The van der Waals surface area contributed by atoms with Crippen LogP contribution in [0.5, 0.6) is 5.75 Å². The van der Waals surface area contributed by atoms with Gasteiger partial charge >= 0.3 is 0 Å². The zero-order valence-electron chi connectivity index (χ0n) is 32.8. The quantitative estimate of drug-likeness (QED) is 0.0533. The molecule has 1 aliphatic carbocycles. The number of rotatable bonds is 14. The van der Waals surface area contributed by atoms with Gasteiger partial charge in [-0.15, -0.1) is 0 Å². The number of hydrogen-bond acceptors (Lipinski definition) is 7. The first-order valence-electron chi connectivity index (χ1n) is 18.6. The van der Waals surface area contributed by atoms with Gasteiger partial charge in [-0.1, -0.05) is 89.2 Å². The normalized spacial score (nSPS) is 17.4. The van der Waals surface area contributed by atoms with E-state index in [1.165, 1.54) is 18.2 Å². The molecule has 0 amide bonds. The Bertz CT molecular complexity index is 2420. The number of aryl methyl sites for hydroxylation is 1. The lowest BCUT2D eigenvalue weighted by atomic mass is 9.76. The number of fused-ring (bicyclic) bond motifs is 1. The van der Waals surface area contributed by atoms with Crippen molar-refractivity contribution in [2.24, 2.45) is 5.11 Å². The summed E-state index contributed by atoms with van der Waals surface area (Å²) in [6, 6.07) is 16.7. The molecule has 1 aliphatic heterocycles. The first-order valence-corrected chi connectivity index (χ1v) is 21.4. The van der Waals surface area contributed by atoms with E-state index >= 15 is 0 Å². The summed E-state index contributed by atoms with van der Waals surface area (Å²) in [4.78, 5) is 4.76. The number of allylic oxidation sites excluding steroid dienone is 8. The topological polar surface area (TPSA) is 170 Å². The van der Waals surface area contributed by atoms with Crippen LogP contribution in [0, 0.1) is 6.92 Å². The molecule has 56 heavy (non-hydrogen) atoms. The van der Waals surface area contributed by atoms with Gasteiger partial charge in [-0.3, -0.25) is 9.11 Å². The Balaban J connectivity index is 1.60. The SMILES string of the molecule is C=C(/C=C/C1=C(Oc2ccc(CN=[N+]=[N-])cc2)C(=C/C=C2/N(CCCC)c3ccc(S(=O)(=O)O)cc3C2(C)C)/CCC1)C(C)(C)c1cc(S(=O)(=O)O)ccc1C. The summed E-state index contributed by atoms with van der Waals surface area (Å²) >= 11 is 0. The van der Waals surface area contributed by atoms with E-state index in [0.717, 1.165) is 89.0 Å². The highest BCUT2D eigenvalue weighted by molar-refractivity contribution is 7.86. The van der Waals surface area contributed by atoms with E-state index in [1.807, 2.05) is 57.2 Å². The molecule has 0 saturated carbocycles. The van der Waals surface area contributed by atoms with Crippen molar-refractivity contribution in [2.75, 3.05) is 11.4 Å². The molecule has 13 heteroatoms. The Hall–Kier alpha value is -4.91. The van der Waals surface area contributed by atoms with E-state index in [-0.39, 0.29) is 16.3 Å². The second kappa shape index (κ2) is 16.7. The fourth-order valence-electron chi connectivity index (χ4n) is 7.31. The van der Waals surface area contributed by atoms with Gasteiger partial charge < -0.3 is 9.64 Å². The van der Waals surface area contributed by atoms with E-state index in [4.69, 9.17) is 10.3 Å². The Morgan fingerprint density at radius 1 is 1.00 bits per heavy atom. The minimum atomic E-state index is -4.40. The molecule has 1 heterocycles. The van der Waals surface area contributed by atoms with E-state index in [0.29, 0.717) is 11.5 Å². The average molecular weight is 799 g/mol. The van der Waals surface area contributed by atoms with Gasteiger partial charge in [-0.05, 0) is 126 Å². The lowest BCUT2D eigenvalue weighted by molar-refractivity contribution is 0.415. The molecule has 0 radical (unpaired) electrons. The monoisotopic (exact) mass is 798 g/mol. The summed E-state index contributed by atoms with van der Waals surface area (Å²) < 4.78 is 74.5. The van der Waals surface area contributed by atoms with Crippen LogP contribution in [0.15, 0.2) is 135 Å². The first-order chi connectivity index (χ1) is 26.3. The van der Waals surface area contributed by atoms with Crippen molar-refractivity contribution in [1.29, 1.82) is 0 Å². The number of anilines is 1. The fourth-order valence-corrected chi connectivity index (χ4v) is 8.33.